The first kappa shape index (κ1) is 10.4. The first-order valence-corrected chi connectivity index (χ1v) is 5.24. The van der Waals surface area contributed by atoms with Gasteiger partial charge in [0.2, 0.25) is 0 Å². The highest BCUT2D eigenvalue weighted by Crippen LogP contribution is 2.30. The van der Waals surface area contributed by atoms with Crippen molar-refractivity contribution in [3.8, 4) is 0 Å². The van der Waals surface area contributed by atoms with Crippen LogP contribution in [0.3, 0.4) is 0 Å². The number of aromatic amines is 1. The Hall–Kier alpha value is -1.13. The summed E-state index contributed by atoms with van der Waals surface area (Å²) in [5.74, 6) is -0.418. The lowest BCUT2D eigenvalue weighted by molar-refractivity contribution is 0.214. The second-order valence-electron chi connectivity index (χ2n) is 3.18. The third-order valence-corrected chi connectivity index (χ3v) is 2.90. The zero-order valence-electron chi connectivity index (χ0n) is 7.74. The third kappa shape index (κ3) is 1.96. The maximum atomic E-state index is 13.5. The highest BCUT2D eigenvalue weighted by atomic mass is 79.9. The minimum atomic E-state index is -0.952. The summed E-state index contributed by atoms with van der Waals surface area (Å²) in [5.41, 5.74) is 0.901. The lowest BCUT2D eigenvalue weighted by atomic mass is 10.0. The van der Waals surface area contributed by atoms with E-state index < -0.39 is 11.9 Å². The molecule has 2 aromatic rings. The Balaban J connectivity index is 2.46. The Labute approximate surface area is 94.9 Å². The minimum Gasteiger partial charge on any atom is -0.383 e. The van der Waals surface area contributed by atoms with Gasteiger partial charge in [0.25, 0.3) is 0 Å². The molecule has 15 heavy (non-hydrogen) atoms. The minimum absolute atomic E-state index is 0.261. The van der Waals surface area contributed by atoms with Crippen molar-refractivity contribution in [1.29, 1.82) is 0 Å². The van der Waals surface area contributed by atoms with Crippen molar-refractivity contribution >= 4 is 15.9 Å². The Morgan fingerprint density at radius 2 is 2.13 bits per heavy atom. The van der Waals surface area contributed by atoms with E-state index in [9.17, 15) is 9.50 Å². The molecule has 2 N–H and O–H groups in total. The van der Waals surface area contributed by atoms with Crippen LogP contribution in [0.5, 0.6) is 0 Å². The predicted octanol–water partition coefficient (Wildman–Crippen LogP) is 3.00. The average Bonchev–Trinajstić information content (AvgIpc) is 2.69. The molecule has 1 atom stereocenters. The van der Waals surface area contributed by atoms with Gasteiger partial charge in [-0.1, -0.05) is 22.0 Å². The van der Waals surface area contributed by atoms with Crippen molar-refractivity contribution in [2.24, 2.45) is 0 Å². The lowest BCUT2D eigenvalue weighted by Gasteiger charge is -2.12. The van der Waals surface area contributed by atoms with Gasteiger partial charge in [0.1, 0.15) is 11.9 Å². The Bertz CT molecular complexity index is 435. The van der Waals surface area contributed by atoms with Gasteiger partial charge in [0.15, 0.2) is 0 Å². The second kappa shape index (κ2) is 4.16. The quantitative estimate of drug-likeness (QED) is 0.864. The SMILES string of the molecule is OC(c1cc[nH]c1)c1c(F)cccc1Br. The Morgan fingerprint density at radius 1 is 1.33 bits per heavy atom. The van der Waals surface area contributed by atoms with E-state index in [1.54, 1.807) is 30.6 Å². The lowest BCUT2D eigenvalue weighted by Crippen LogP contribution is -2.02. The Morgan fingerprint density at radius 3 is 2.73 bits per heavy atom. The second-order valence-corrected chi connectivity index (χ2v) is 4.04. The molecule has 78 valence electrons. The molecule has 0 bridgehead atoms. The number of hydrogen-bond donors (Lipinski definition) is 2. The fourth-order valence-electron chi connectivity index (χ4n) is 1.45. The molecule has 0 aliphatic rings. The van der Waals surface area contributed by atoms with Crippen molar-refractivity contribution in [3.05, 3.63) is 58.1 Å². The summed E-state index contributed by atoms with van der Waals surface area (Å²) in [6, 6.07) is 6.33. The van der Waals surface area contributed by atoms with Gasteiger partial charge >= 0.3 is 0 Å². The molecule has 0 amide bonds. The van der Waals surface area contributed by atoms with Crippen molar-refractivity contribution in [2.75, 3.05) is 0 Å². The number of aliphatic hydroxyl groups is 1. The third-order valence-electron chi connectivity index (χ3n) is 2.21. The molecule has 0 radical (unpaired) electrons. The summed E-state index contributed by atoms with van der Waals surface area (Å²) >= 11 is 3.22. The van der Waals surface area contributed by atoms with Crippen LogP contribution in [0.1, 0.15) is 17.2 Å². The predicted molar refractivity (Wildman–Crippen MR) is 59.0 cm³/mol. The van der Waals surface area contributed by atoms with Crippen LogP contribution in [0, 0.1) is 5.82 Å². The molecular weight excluding hydrogens is 261 g/mol. The number of aliphatic hydroxyl groups excluding tert-OH is 1. The fraction of sp³-hybridized carbons (Fsp3) is 0.0909. The first-order chi connectivity index (χ1) is 7.20. The van der Waals surface area contributed by atoms with Crippen LogP contribution in [0.25, 0.3) is 0 Å². The van der Waals surface area contributed by atoms with E-state index in [0.717, 1.165) is 0 Å². The molecule has 0 saturated heterocycles. The number of benzene rings is 1. The number of halogens is 2. The average molecular weight is 270 g/mol. The molecule has 2 nitrogen and oxygen atoms in total. The molecule has 4 heteroatoms. The van der Waals surface area contributed by atoms with Crippen LogP contribution in [-0.2, 0) is 0 Å². The van der Waals surface area contributed by atoms with E-state index >= 15 is 0 Å². The van der Waals surface area contributed by atoms with Crippen LogP contribution >= 0.6 is 15.9 Å². The zero-order chi connectivity index (χ0) is 10.8. The van der Waals surface area contributed by atoms with Crippen LogP contribution in [-0.4, -0.2) is 10.1 Å². The normalized spacial score (nSPS) is 12.7. The van der Waals surface area contributed by atoms with Gasteiger partial charge in [0, 0.05) is 28.0 Å². The van der Waals surface area contributed by atoms with Crippen molar-refractivity contribution in [3.63, 3.8) is 0 Å². The molecule has 0 spiro atoms. The molecule has 0 fully saturated rings. The topological polar surface area (TPSA) is 36.0 Å². The summed E-state index contributed by atoms with van der Waals surface area (Å²) in [5, 5.41) is 9.95. The summed E-state index contributed by atoms with van der Waals surface area (Å²) in [6.07, 6.45) is 2.38. The zero-order valence-corrected chi connectivity index (χ0v) is 9.33. The van der Waals surface area contributed by atoms with Crippen LogP contribution < -0.4 is 0 Å². The van der Waals surface area contributed by atoms with Gasteiger partial charge in [-0.2, -0.15) is 0 Å². The van der Waals surface area contributed by atoms with E-state index in [1.165, 1.54) is 6.07 Å². The monoisotopic (exact) mass is 269 g/mol. The molecule has 2 rings (SSSR count). The van der Waals surface area contributed by atoms with Crippen molar-refractivity contribution in [1.82, 2.24) is 4.98 Å². The summed E-state index contributed by atoms with van der Waals surface area (Å²) in [7, 11) is 0. The smallest absolute Gasteiger partial charge is 0.130 e. The van der Waals surface area contributed by atoms with E-state index in [1.807, 2.05) is 0 Å². The highest BCUT2D eigenvalue weighted by molar-refractivity contribution is 9.10. The maximum absolute atomic E-state index is 13.5. The number of nitrogens with one attached hydrogen (secondary N) is 1. The number of H-pyrrole nitrogens is 1. The molecule has 1 heterocycles. The molecule has 1 unspecified atom stereocenters. The summed E-state index contributed by atoms with van der Waals surface area (Å²) in [4.78, 5) is 2.82. The highest BCUT2D eigenvalue weighted by Gasteiger charge is 2.17. The standard InChI is InChI=1S/C11H9BrFNO/c12-8-2-1-3-9(13)10(8)11(15)7-4-5-14-6-7/h1-6,11,14-15H. The van der Waals surface area contributed by atoms with Gasteiger partial charge in [-0.3, -0.25) is 0 Å². The molecule has 1 aromatic heterocycles. The summed E-state index contributed by atoms with van der Waals surface area (Å²) in [6.45, 7) is 0. The molecule has 0 aliphatic heterocycles. The Kier molecular flexibility index (Phi) is 2.88. The van der Waals surface area contributed by atoms with Crippen LogP contribution in [0.2, 0.25) is 0 Å². The summed E-state index contributed by atoms with van der Waals surface area (Å²) < 4.78 is 14.1. The maximum Gasteiger partial charge on any atom is 0.130 e. The van der Waals surface area contributed by atoms with E-state index in [4.69, 9.17) is 0 Å². The number of rotatable bonds is 2. The molecule has 0 aliphatic carbocycles. The molecule has 0 saturated carbocycles. The van der Waals surface area contributed by atoms with Gasteiger partial charge in [0.05, 0.1) is 0 Å². The van der Waals surface area contributed by atoms with Gasteiger partial charge in [-0.15, -0.1) is 0 Å². The van der Waals surface area contributed by atoms with Crippen molar-refractivity contribution < 1.29 is 9.50 Å². The van der Waals surface area contributed by atoms with Gasteiger partial charge in [-0.05, 0) is 18.2 Å². The van der Waals surface area contributed by atoms with Crippen LogP contribution in [0.4, 0.5) is 4.39 Å². The van der Waals surface area contributed by atoms with Crippen molar-refractivity contribution in [2.45, 2.75) is 6.10 Å². The van der Waals surface area contributed by atoms with E-state index in [0.29, 0.717) is 10.0 Å². The fourth-order valence-corrected chi connectivity index (χ4v) is 2.00. The number of aromatic nitrogens is 1. The molecule has 1 aromatic carbocycles. The van der Waals surface area contributed by atoms with Crippen LogP contribution in [0.15, 0.2) is 41.1 Å². The largest absolute Gasteiger partial charge is 0.383 e. The molecular formula is C11H9BrFNO. The first-order valence-electron chi connectivity index (χ1n) is 4.45. The van der Waals surface area contributed by atoms with Gasteiger partial charge in [-0.25, -0.2) is 4.39 Å². The van der Waals surface area contributed by atoms with E-state index in [-0.39, 0.29) is 5.56 Å². The van der Waals surface area contributed by atoms with Gasteiger partial charge < -0.3 is 10.1 Å². The number of hydrogen-bond acceptors (Lipinski definition) is 1. The van der Waals surface area contributed by atoms with E-state index in [2.05, 4.69) is 20.9 Å².